The number of fused-ring (bicyclic) bond motifs is 1. The van der Waals surface area contributed by atoms with Crippen molar-refractivity contribution in [1.82, 2.24) is 29.3 Å². The van der Waals surface area contributed by atoms with Gasteiger partial charge >= 0.3 is 0 Å². The summed E-state index contributed by atoms with van der Waals surface area (Å²) in [6.45, 7) is 2.52. The molecule has 0 saturated heterocycles. The van der Waals surface area contributed by atoms with Gasteiger partial charge in [0.15, 0.2) is 5.65 Å². The molecule has 136 valence electrons. The Hall–Kier alpha value is -3.48. The van der Waals surface area contributed by atoms with Crippen LogP contribution in [0.2, 0.25) is 0 Å². The van der Waals surface area contributed by atoms with Crippen molar-refractivity contribution in [3.63, 3.8) is 0 Å². The first-order valence-corrected chi connectivity index (χ1v) is 8.65. The minimum absolute atomic E-state index is 0.123. The molecule has 27 heavy (non-hydrogen) atoms. The van der Waals surface area contributed by atoms with E-state index in [2.05, 4.69) is 34.2 Å². The van der Waals surface area contributed by atoms with Gasteiger partial charge in [-0.05, 0) is 13.0 Å². The van der Waals surface area contributed by atoms with Crippen LogP contribution >= 0.6 is 0 Å². The predicted molar refractivity (Wildman–Crippen MR) is 102 cm³/mol. The van der Waals surface area contributed by atoms with Gasteiger partial charge in [0.2, 0.25) is 0 Å². The van der Waals surface area contributed by atoms with Crippen LogP contribution in [-0.4, -0.2) is 42.2 Å². The number of aryl methyl sites for hydroxylation is 2. The summed E-state index contributed by atoms with van der Waals surface area (Å²) in [7, 11) is 3.62. The molecule has 7 heteroatoms. The average molecular weight is 360 g/mol. The molecule has 0 fully saturated rings. The minimum Gasteiger partial charge on any atom is -0.337 e. The number of amides is 1. The van der Waals surface area contributed by atoms with E-state index in [1.165, 1.54) is 5.56 Å². The summed E-state index contributed by atoms with van der Waals surface area (Å²) in [4.78, 5) is 19.0. The Labute approximate surface area is 156 Å². The molecule has 0 saturated carbocycles. The van der Waals surface area contributed by atoms with Crippen LogP contribution in [0.5, 0.6) is 0 Å². The van der Waals surface area contributed by atoms with Crippen LogP contribution in [0.1, 0.15) is 21.5 Å². The lowest BCUT2D eigenvalue weighted by Crippen LogP contribution is -2.26. The van der Waals surface area contributed by atoms with Crippen molar-refractivity contribution in [1.29, 1.82) is 0 Å². The van der Waals surface area contributed by atoms with E-state index >= 15 is 0 Å². The zero-order valence-electron chi connectivity index (χ0n) is 15.5. The van der Waals surface area contributed by atoms with Gasteiger partial charge in [-0.2, -0.15) is 10.2 Å². The number of carbonyl (C=O) groups is 1. The molecule has 0 atom stereocenters. The van der Waals surface area contributed by atoms with Crippen molar-refractivity contribution in [2.24, 2.45) is 7.05 Å². The van der Waals surface area contributed by atoms with Gasteiger partial charge in [-0.15, -0.1) is 0 Å². The summed E-state index contributed by atoms with van der Waals surface area (Å²) in [5.41, 5.74) is 5.12. The van der Waals surface area contributed by atoms with Crippen LogP contribution in [0.15, 0.2) is 55.1 Å². The second kappa shape index (κ2) is 6.68. The minimum atomic E-state index is -0.123. The molecule has 0 radical (unpaired) electrons. The predicted octanol–water partition coefficient (Wildman–Crippen LogP) is 2.71. The van der Waals surface area contributed by atoms with Gasteiger partial charge in [0, 0.05) is 44.2 Å². The third-order valence-electron chi connectivity index (χ3n) is 4.50. The Morgan fingerprint density at radius 3 is 2.59 bits per heavy atom. The van der Waals surface area contributed by atoms with Gasteiger partial charge in [-0.1, -0.05) is 29.8 Å². The molecule has 0 N–H and O–H groups in total. The van der Waals surface area contributed by atoms with E-state index in [9.17, 15) is 4.79 Å². The maximum absolute atomic E-state index is 12.9. The number of nitrogens with zero attached hydrogens (tertiary/aromatic N) is 6. The van der Waals surface area contributed by atoms with Crippen LogP contribution in [-0.2, 0) is 13.6 Å². The standard InChI is InChI=1S/C20H20N6O/c1-14-4-6-16(7-5-14)18-8-9-21-19-17(11-23-26(18)19)20(27)24(2)12-15-10-22-25(3)13-15/h4-11,13H,12H2,1-3H3. The van der Waals surface area contributed by atoms with E-state index in [1.807, 2.05) is 31.4 Å². The first kappa shape index (κ1) is 17.0. The topological polar surface area (TPSA) is 68.3 Å². The SMILES string of the molecule is Cc1ccc(-c2ccnc3c(C(=O)N(C)Cc4cnn(C)c4)cnn23)cc1. The highest BCUT2D eigenvalue weighted by molar-refractivity contribution is 5.99. The molecule has 0 aliphatic rings. The molecule has 0 aliphatic carbocycles. The van der Waals surface area contributed by atoms with Crippen LogP contribution in [0, 0.1) is 6.92 Å². The lowest BCUT2D eigenvalue weighted by Gasteiger charge is -2.15. The van der Waals surface area contributed by atoms with Crippen LogP contribution in [0.4, 0.5) is 0 Å². The Kier molecular flexibility index (Phi) is 4.19. The lowest BCUT2D eigenvalue weighted by atomic mass is 10.1. The van der Waals surface area contributed by atoms with Crippen LogP contribution in [0.25, 0.3) is 16.9 Å². The van der Waals surface area contributed by atoms with E-state index in [4.69, 9.17) is 0 Å². The fourth-order valence-electron chi connectivity index (χ4n) is 3.09. The van der Waals surface area contributed by atoms with Crippen molar-refractivity contribution in [3.05, 3.63) is 71.8 Å². The van der Waals surface area contributed by atoms with Crippen molar-refractivity contribution in [2.45, 2.75) is 13.5 Å². The number of benzene rings is 1. The highest BCUT2D eigenvalue weighted by Gasteiger charge is 2.20. The van der Waals surface area contributed by atoms with Gasteiger partial charge in [-0.25, -0.2) is 9.50 Å². The fraction of sp³-hybridized carbons (Fsp3) is 0.200. The normalized spacial score (nSPS) is 11.1. The lowest BCUT2D eigenvalue weighted by molar-refractivity contribution is 0.0787. The summed E-state index contributed by atoms with van der Waals surface area (Å²) in [6, 6.07) is 10.1. The van der Waals surface area contributed by atoms with Crippen molar-refractivity contribution in [2.75, 3.05) is 7.05 Å². The Bertz CT molecular complexity index is 1110. The summed E-state index contributed by atoms with van der Waals surface area (Å²) in [5.74, 6) is -0.123. The largest absolute Gasteiger partial charge is 0.337 e. The molecule has 7 nitrogen and oxygen atoms in total. The third-order valence-corrected chi connectivity index (χ3v) is 4.50. The molecule has 3 heterocycles. The molecule has 3 aromatic heterocycles. The molecule has 4 rings (SSSR count). The van der Waals surface area contributed by atoms with Crippen molar-refractivity contribution in [3.8, 4) is 11.3 Å². The molecular formula is C20H20N6O. The summed E-state index contributed by atoms with van der Waals surface area (Å²) in [5, 5.41) is 8.57. The zero-order chi connectivity index (χ0) is 19.0. The molecule has 4 aromatic rings. The smallest absolute Gasteiger partial charge is 0.259 e. The average Bonchev–Trinajstić information content (AvgIpc) is 3.27. The van der Waals surface area contributed by atoms with Gasteiger partial charge < -0.3 is 4.90 Å². The van der Waals surface area contributed by atoms with E-state index in [-0.39, 0.29) is 5.91 Å². The number of aromatic nitrogens is 5. The first-order valence-electron chi connectivity index (χ1n) is 8.65. The fourth-order valence-corrected chi connectivity index (χ4v) is 3.09. The summed E-state index contributed by atoms with van der Waals surface area (Å²) < 4.78 is 3.44. The first-order chi connectivity index (χ1) is 13.0. The second-order valence-corrected chi connectivity index (χ2v) is 6.67. The van der Waals surface area contributed by atoms with E-state index in [0.29, 0.717) is 17.8 Å². The van der Waals surface area contributed by atoms with E-state index in [1.54, 1.807) is 39.7 Å². The molecule has 0 spiro atoms. The monoisotopic (exact) mass is 360 g/mol. The molecular weight excluding hydrogens is 340 g/mol. The molecule has 1 amide bonds. The summed E-state index contributed by atoms with van der Waals surface area (Å²) in [6.07, 6.45) is 6.95. The van der Waals surface area contributed by atoms with Gasteiger partial charge in [0.1, 0.15) is 5.56 Å². The quantitative estimate of drug-likeness (QED) is 0.561. The molecule has 0 aliphatic heterocycles. The highest BCUT2D eigenvalue weighted by atomic mass is 16.2. The van der Waals surface area contributed by atoms with Gasteiger partial charge in [0.05, 0.1) is 18.1 Å². The maximum Gasteiger partial charge on any atom is 0.259 e. The molecule has 0 unspecified atom stereocenters. The maximum atomic E-state index is 12.9. The van der Waals surface area contributed by atoms with Crippen LogP contribution < -0.4 is 0 Å². The van der Waals surface area contributed by atoms with Crippen molar-refractivity contribution >= 4 is 11.6 Å². The van der Waals surface area contributed by atoms with E-state index in [0.717, 1.165) is 16.8 Å². The Morgan fingerprint density at radius 1 is 1.11 bits per heavy atom. The van der Waals surface area contributed by atoms with Crippen LogP contribution in [0.3, 0.4) is 0 Å². The Balaban J connectivity index is 1.67. The van der Waals surface area contributed by atoms with Gasteiger partial charge in [-0.3, -0.25) is 9.48 Å². The zero-order valence-corrected chi connectivity index (χ0v) is 15.5. The third kappa shape index (κ3) is 3.19. The number of carbonyl (C=O) groups excluding carboxylic acids is 1. The molecule has 0 bridgehead atoms. The number of rotatable bonds is 4. The second-order valence-electron chi connectivity index (χ2n) is 6.67. The number of hydrogen-bond donors (Lipinski definition) is 0. The molecule has 1 aromatic carbocycles. The number of hydrogen-bond acceptors (Lipinski definition) is 4. The van der Waals surface area contributed by atoms with Crippen molar-refractivity contribution < 1.29 is 4.79 Å². The summed E-state index contributed by atoms with van der Waals surface area (Å²) >= 11 is 0. The van der Waals surface area contributed by atoms with E-state index < -0.39 is 0 Å². The highest BCUT2D eigenvalue weighted by Crippen LogP contribution is 2.22. The van der Waals surface area contributed by atoms with Gasteiger partial charge in [0.25, 0.3) is 5.91 Å². The Morgan fingerprint density at radius 2 is 1.89 bits per heavy atom.